The molecule has 0 amide bonds. The fourth-order valence-corrected chi connectivity index (χ4v) is 5.90. The first-order valence-electron chi connectivity index (χ1n) is 7.52. The van der Waals surface area contributed by atoms with Gasteiger partial charge in [0.15, 0.2) is 5.78 Å². The second-order valence-electron chi connectivity index (χ2n) is 6.73. The first-order chi connectivity index (χ1) is 11.2. The van der Waals surface area contributed by atoms with Crippen LogP contribution in [0, 0.1) is 0 Å². The van der Waals surface area contributed by atoms with Crippen LogP contribution in [0.2, 0.25) is 0 Å². The molecule has 0 spiro atoms. The van der Waals surface area contributed by atoms with Gasteiger partial charge < -0.3 is 5.11 Å². The molecule has 0 aromatic heterocycles. The second-order valence-corrected chi connectivity index (χ2v) is 9.29. The van der Waals surface area contributed by atoms with Crippen LogP contribution in [0.5, 0.6) is 5.75 Å². The summed E-state index contributed by atoms with van der Waals surface area (Å²) < 4.78 is 2.13. The van der Waals surface area contributed by atoms with Gasteiger partial charge in [0.25, 0.3) is 0 Å². The van der Waals surface area contributed by atoms with E-state index in [1.165, 1.54) is 5.56 Å². The van der Waals surface area contributed by atoms with Crippen LogP contribution in [0.1, 0.15) is 40.9 Å². The topological polar surface area (TPSA) is 37.3 Å². The summed E-state index contributed by atoms with van der Waals surface area (Å²) in [6.07, 6.45) is 0.756. The monoisotopic (exact) mass is 510 g/mol. The van der Waals surface area contributed by atoms with E-state index in [1.54, 1.807) is 6.07 Å². The number of phenols is 1. The Morgan fingerprint density at radius 3 is 2.50 bits per heavy atom. The van der Waals surface area contributed by atoms with Gasteiger partial charge in [0, 0.05) is 21.0 Å². The summed E-state index contributed by atoms with van der Waals surface area (Å²) in [6, 6.07) is 7.82. The number of aromatic hydroxyl groups is 1. The van der Waals surface area contributed by atoms with Gasteiger partial charge in [-0.25, -0.2) is 0 Å². The van der Waals surface area contributed by atoms with Crippen molar-refractivity contribution in [1.29, 1.82) is 0 Å². The number of hydrogen-bond acceptors (Lipinski definition) is 2. The van der Waals surface area contributed by atoms with E-state index in [9.17, 15) is 9.90 Å². The molecule has 2 nitrogen and oxygen atoms in total. The molecule has 0 bridgehead atoms. The highest BCUT2D eigenvalue weighted by atomic mass is 79.9. The van der Waals surface area contributed by atoms with Crippen LogP contribution in [0.25, 0.3) is 5.57 Å². The minimum atomic E-state index is -0.346. The number of halogens is 3. The number of carbonyl (C=O) groups is 1. The van der Waals surface area contributed by atoms with Crippen molar-refractivity contribution in [2.75, 3.05) is 0 Å². The first-order valence-corrected chi connectivity index (χ1v) is 9.90. The van der Waals surface area contributed by atoms with Crippen molar-refractivity contribution in [3.05, 3.63) is 65.5 Å². The van der Waals surface area contributed by atoms with Crippen molar-refractivity contribution in [1.82, 2.24) is 0 Å². The van der Waals surface area contributed by atoms with E-state index in [0.717, 1.165) is 33.2 Å². The summed E-state index contributed by atoms with van der Waals surface area (Å²) in [7, 11) is 0. The molecule has 2 aromatic rings. The fourth-order valence-electron chi connectivity index (χ4n) is 3.87. The van der Waals surface area contributed by atoms with Gasteiger partial charge in [-0.2, -0.15) is 0 Å². The molecule has 0 radical (unpaired) electrons. The molecule has 2 aliphatic rings. The van der Waals surface area contributed by atoms with Gasteiger partial charge in [-0.3, -0.25) is 4.79 Å². The molecular weight excluding hydrogens is 500 g/mol. The Morgan fingerprint density at radius 1 is 1.08 bits per heavy atom. The maximum absolute atomic E-state index is 13.3. The molecule has 0 unspecified atom stereocenters. The summed E-state index contributed by atoms with van der Waals surface area (Å²) in [6.45, 7) is 4.24. The lowest BCUT2D eigenvalue weighted by atomic mass is 9.68. The minimum Gasteiger partial charge on any atom is -0.506 e. The average Bonchev–Trinajstić information content (AvgIpc) is 2.89. The third kappa shape index (κ3) is 2.07. The molecule has 0 saturated heterocycles. The van der Waals surface area contributed by atoms with Crippen LogP contribution >= 0.6 is 47.8 Å². The first kappa shape index (κ1) is 16.6. The van der Waals surface area contributed by atoms with Crippen LogP contribution in [0.3, 0.4) is 0 Å². The molecule has 0 fully saturated rings. The zero-order chi connectivity index (χ0) is 17.4. The smallest absolute Gasteiger partial charge is 0.194 e. The summed E-state index contributed by atoms with van der Waals surface area (Å²) in [4.78, 5) is 13.3. The molecule has 0 aliphatic heterocycles. The van der Waals surface area contributed by atoms with Gasteiger partial charge in [-0.15, -0.1) is 0 Å². The van der Waals surface area contributed by atoms with Crippen molar-refractivity contribution >= 4 is 59.1 Å². The molecule has 5 heteroatoms. The standard InChI is InChI=1S/C19H13Br3O2/c1-19(2)12-6-8-5-9(20)3-4-10(8)14(12)17(23)11-7-13(21)18(24)16(22)15(11)19/h3-5,7,24H,6H2,1-2H3. The highest BCUT2D eigenvalue weighted by Gasteiger charge is 2.44. The average molecular weight is 513 g/mol. The maximum Gasteiger partial charge on any atom is 0.194 e. The highest BCUT2D eigenvalue weighted by Crippen LogP contribution is 2.54. The molecule has 0 saturated carbocycles. The number of hydrogen-bond donors (Lipinski definition) is 1. The third-order valence-corrected chi connectivity index (χ3v) is 6.92. The number of benzene rings is 2. The van der Waals surface area contributed by atoms with Crippen LogP contribution in [-0.4, -0.2) is 10.9 Å². The minimum absolute atomic E-state index is 0.0294. The maximum atomic E-state index is 13.3. The fraction of sp³-hybridized carbons (Fsp3) is 0.211. The molecule has 2 aliphatic carbocycles. The molecule has 4 rings (SSSR count). The molecule has 2 aromatic carbocycles. The number of carbonyl (C=O) groups excluding carboxylic acids is 1. The molecule has 122 valence electrons. The van der Waals surface area contributed by atoms with E-state index >= 15 is 0 Å². The van der Waals surface area contributed by atoms with Gasteiger partial charge in [-0.05, 0) is 78.7 Å². The van der Waals surface area contributed by atoms with Crippen molar-refractivity contribution in [2.45, 2.75) is 25.7 Å². The second kappa shape index (κ2) is 5.29. The highest BCUT2D eigenvalue weighted by molar-refractivity contribution is 9.11. The number of allylic oxidation sites excluding steroid dienone is 2. The van der Waals surface area contributed by atoms with E-state index in [-0.39, 0.29) is 16.9 Å². The van der Waals surface area contributed by atoms with Gasteiger partial charge >= 0.3 is 0 Å². The largest absolute Gasteiger partial charge is 0.506 e. The van der Waals surface area contributed by atoms with Crippen LogP contribution < -0.4 is 0 Å². The van der Waals surface area contributed by atoms with E-state index in [1.807, 2.05) is 12.1 Å². The summed E-state index contributed by atoms with van der Waals surface area (Å²) in [5.74, 6) is 0.165. The number of rotatable bonds is 0. The Morgan fingerprint density at radius 2 is 1.79 bits per heavy atom. The van der Waals surface area contributed by atoms with E-state index in [0.29, 0.717) is 14.5 Å². The summed E-state index contributed by atoms with van der Waals surface area (Å²) >= 11 is 10.4. The molecule has 1 N–H and O–H groups in total. The van der Waals surface area contributed by atoms with Crippen LogP contribution in [-0.2, 0) is 11.8 Å². The molecule has 0 heterocycles. The molecule has 0 atom stereocenters. The van der Waals surface area contributed by atoms with Gasteiger partial charge in [0.05, 0.1) is 8.95 Å². The number of Topliss-reactive ketones (excluding diaryl/α,β-unsaturated/α-hetero) is 1. The van der Waals surface area contributed by atoms with E-state index in [2.05, 4.69) is 67.7 Å². The molecular formula is C19H13Br3O2. The lowest BCUT2D eigenvalue weighted by Gasteiger charge is -2.35. The lowest BCUT2D eigenvalue weighted by Crippen LogP contribution is -2.30. The van der Waals surface area contributed by atoms with Crippen molar-refractivity contribution in [3.8, 4) is 5.75 Å². The Hall–Kier alpha value is -0.910. The number of phenolic OH excluding ortho intramolecular Hbond substituents is 1. The van der Waals surface area contributed by atoms with Crippen molar-refractivity contribution in [3.63, 3.8) is 0 Å². The Bertz CT molecular complexity index is 971. The Balaban J connectivity index is 2.04. The van der Waals surface area contributed by atoms with Gasteiger partial charge in [-0.1, -0.05) is 35.8 Å². The number of ketones is 1. The Kier molecular flexibility index (Phi) is 3.65. The predicted octanol–water partition coefficient (Wildman–Crippen LogP) is 6.16. The lowest BCUT2D eigenvalue weighted by molar-refractivity contribution is 0.105. The number of fused-ring (bicyclic) bond motifs is 3. The van der Waals surface area contributed by atoms with Gasteiger partial charge in [0.1, 0.15) is 5.75 Å². The normalized spacial score (nSPS) is 17.6. The summed E-state index contributed by atoms with van der Waals surface area (Å²) in [5, 5.41) is 10.3. The van der Waals surface area contributed by atoms with E-state index in [4.69, 9.17) is 0 Å². The quantitative estimate of drug-likeness (QED) is 0.459. The third-order valence-electron chi connectivity index (χ3n) is 5.05. The molecule has 24 heavy (non-hydrogen) atoms. The zero-order valence-corrected chi connectivity index (χ0v) is 17.8. The van der Waals surface area contributed by atoms with Crippen LogP contribution in [0.15, 0.2) is 43.3 Å². The summed E-state index contributed by atoms with van der Waals surface area (Å²) in [5.41, 5.74) is 5.29. The van der Waals surface area contributed by atoms with Crippen molar-refractivity contribution in [2.24, 2.45) is 0 Å². The van der Waals surface area contributed by atoms with Crippen LogP contribution in [0.4, 0.5) is 0 Å². The predicted molar refractivity (Wildman–Crippen MR) is 106 cm³/mol. The zero-order valence-electron chi connectivity index (χ0n) is 13.0. The SMILES string of the molecule is CC1(C)C2=C(C(=O)c3cc(Br)c(O)c(Br)c31)c1ccc(Br)cc1C2. The van der Waals surface area contributed by atoms with Crippen molar-refractivity contribution < 1.29 is 9.90 Å². The Labute approximate surface area is 165 Å². The van der Waals surface area contributed by atoms with E-state index < -0.39 is 0 Å². The van der Waals surface area contributed by atoms with Gasteiger partial charge in [0.2, 0.25) is 0 Å².